The van der Waals surface area contributed by atoms with Crippen molar-refractivity contribution < 1.29 is 38.6 Å². The normalized spacial score (nSPS) is 19.8. The molecule has 10 rings (SSSR count). The third kappa shape index (κ3) is 18.3. The highest BCUT2D eigenvalue weighted by molar-refractivity contribution is 5.81. The fourth-order valence-electron chi connectivity index (χ4n) is 16.6. The van der Waals surface area contributed by atoms with Crippen molar-refractivity contribution in [1.82, 2.24) is 0 Å². The van der Waals surface area contributed by atoms with E-state index in [9.17, 15) is 10.2 Å². The number of phenols is 2. The van der Waals surface area contributed by atoms with Gasteiger partial charge in [0.1, 0.15) is 83.6 Å². The maximum atomic E-state index is 11.5. The van der Waals surface area contributed by atoms with Crippen LogP contribution in [0, 0.1) is 37.5 Å². The van der Waals surface area contributed by atoms with E-state index in [0.717, 1.165) is 106 Å². The first-order chi connectivity index (χ1) is 46.0. The van der Waals surface area contributed by atoms with Gasteiger partial charge in [0.25, 0.3) is 0 Å². The lowest BCUT2D eigenvalue weighted by Gasteiger charge is -2.49. The summed E-state index contributed by atoms with van der Waals surface area (Å²) >= 11 is 0. The van der Waals surface area contributed by atoms with E-state index in [1.807, 2.05) is 12.1 Å². The van der Waals surface area contributed by atoms with Crippen molar-refractivity contribution in [3.63, 3.8) is 0 Å². The van der Waals surface area contributed by atoms with E-state index in [-0.39, 0.29) is 11.2 Å². The lowest BCUT2D eigenvalue weighted by molar-refractivity contribution is -0.0152. The van der Waals surface area contributed by atoms with Crippen LogP contribution in [0.4, 0.5) is 0 Å². The predicted molar refractivity (Wildman–Crippen MR) is 400 cm³/mol. The molecule has 524 valence electrons. The molecular formula is C88H124O8. The molecule has 2 aliphatic heterocycles. The summed E-state index contributed by atoms with van der Waals surface area (Å²) in [5.41, 5.74) is 15.4. The molecule has 8 heteroatoms. The molecule has 2 saturated carbocycles. The fraction of sp³-hybridized carbons (Fsp3) is 0.591. The molecule has 2 N–H and O–H groups in total. The van der Waals surface area contributed by atoms with Gasteiger partial charge < -0.3 is 38.6 Å². The number of aromatic hydroxyl groups is 2. The summed E-state index contributed by atoms with van der Waals surface area (Å²) in [6.07, 6.45) is 25.2. The van der Waals surface area contributed by atoms with Crippen LogP contribution < -0.4 is 28.4 Å². The van der Waals surface area contributed by atoms with Crippen molar-refractivity contribution in [3.8, 4) is 68.2 Å². The quantitative estimate of drug-likeness (QED) is 0.0431. The van der Waals surface area contributed by atoms with Gasteiger partial charge in [-0.3, -0.25) is 0 Å². The Morgan fingerprint density at radius 3 is 1.08 bits per heavy atom. The Kier molecular flexibility index (Phi) is 26.2. The molecular weight excluding hydrogens is 1180 g/mol. The van der Waals surface area contributed by atoms with Crippen LogP contribution in [0.1, 0.15) is 292 Å². The highest BCUT2D eigenvalue weighted by Gasteiger charge is 2.49. The van der Waals surface area contributed by atoms with Crippen molar-refractivity contribution in [1.29, 1.82) is 0 Å². The topological polar surface area (TPSA) is 95.8 Å². The molecule has 0 aromatic heterocycles. The van der Waals surface area contributed by atoms with Crippen LogP contribution in [-0.4, -0.2) is 47.8 Å². The molecule has 2 aliphatic carbocycles. The van der Waals surface area contributed by atoms with Crippen LogP contribution in [0.5, 0.6) is 46.0 Å². The lowest BCUT2D eigenvalue weighted by atomic mass is 9.64. The number of unbranched alkanes of at least 4 members (excludes halogenated alkanes) is 8. The first-order valence-electron chi connectivity index (χ1n) is 38.2. The summed E-state index contributed by atoms with van der Waals surface area (Å²) < 4.78 is 40.3. The Morgan fingerprint density at radius 1 is 0.427 bits per heavy atom. The van der Waals surface area contributed by atoms with Crippen molar-refractivity contribution in [2.75, 3.05) is 26.4 Å². The second-order valence-electron chi connectivity index (χ2n) is 31.4. The molecule has 0 spiro atoms. The summed E-state index contributed by atoms with van der Waals surface area (Å²) in [6.45, 7) is 37.5. The molecule has 0 saturated heterocycles. The van der Waals surface area contributed by atoms with E-state index in [1.54, 1.807) is 0 Å². The number of rotatable bonds is 30. The zero-order valence-electron chi connectivity index (χ0n) is 62.4. The van der Waals surface area contributed by atoms with Gasteiger partial charge in [-0.1, -0.05) is 181 Å². The zero-order valence-corrected chi connectivity index (χ0v) is 62.4. The van der Waals surface area contributed by atoms with E-state index in [2.05, 4.69) is 184 Å². The average Bonchev–Trinajstić information content (AvgIpc) is 0.747. The molecule has 0 unspecified atom stereocenters. The monoisotopic (exact) mass is 1310 g/mol. The summed E-state index contributed by atoms with van der Waals surface area (Å²) in [5.74, 6) is 9.90. The van der Waals surface area contributed by atoms with Gasteiger partial charge in [0.05, 0.1) is 11.1 Å². The highest BCUT2D eigenvalue weighted by Crippen LogP contribution is 2.58. The van der Waals surface area contributed by atoms with Crippen molar-refractivity contribution >= 4 is 0 Å². The van der Waals surface area contributed by atoms with Crippen LogP contribution in [0.25, 0.3) is 22.3 Å². The summed E-state index contributed by atoms with van der Waals surface area (Å²) in [5, 5.41) is 23.0. The summed E-state index contributed by atoms with van der Waals surface area (Å²) in [6, 6.07) is 30.4. The largest absolute Gasteiger partial charge is 0.507 e. The standard InChI is InChI=1S/2C44H62O4/c2*1-9-11-13-15-32-25-38(45)42(35-23-30(5)17-19-34(35)29(3)4)39(26-32)46-21-22-47-40-27-33(16-14-12-10-2)28-41-43(40)36-24-31(6)18-20-37(36)44(7,8)48-41/h2*17,19,23,25-29,31,36-37,45H,9-16,18,20-22,24H2,1-8H3/t31-,36+,37+;31-,36-,37-/m01/s1. The first-order valence-corrected chi connectivity index (χ1v) is 38.2. The molecule has 0 bridgehead atoms. The van der Waals surface area contributed by atoms with Crippen LogP contribution in [-0.2, 0) is 25.7 Å². The molecule has 2 heterocycles. The lowest BCUT2D eigenvalue weighted by Crippen LogP contribution is -2.46. The molecule has 6 aromatic rings. The van der Waals surface area contributed by atoms with E-state index < -0.39 is 0 Å². The van der Waals surface area contributed by atoms with Gasteiger partial charge in [0.15, 0.2) is 0 Å². The molecule has 4 aliphatic rings. The average molecular weight is 1310 g/mol. The van der Waals surface area contributed by atoms with Gasteiger partial charge in [-0.05, 0) is 247 Å². The number of fused-ring (bicyclic) bond motifs is 6. The van der Waals surface area contributed by atoms with E-state index in [1.165, 1.54) is 147 Å². The molecule has 96 heavy (non-hydrogen) atoms. The third-order valence-electron chi connectivity index (χ3n) is 21.8. The van der Waals surface area contributed by atoms with Gasteiger partial charge in [-0.15, -0.1) is 0 Å². The minimum Gasteiger partial charge on any atom is -0.507 e. The Balaban J connectivity index is 0.000000225. The van der Waals surface area contributed by atoms with E-state index >= 15 is 0 Å². The SMILES string of the molecule is CCCCCc1cc(O)c(-c2cc(C)ccc2C(C)C)c(OCCOc2cc(CCCCC)cc3c2[C@@H]2C[C@@H](C)CC[C@H]2C(C)(C)O3)c1.CCCCCc1cc(O)c(-c2cc(C)ccc2C(C)C)c(OCCOc2cc(CCCCC)cc3c2[C@@H]2C[C@H](C)CC[C@H]2C(C)(C)O3)c1. The zero-order chi connectivity index (χ0) is 68.8. The van der Waals surface area contributed by atoms with Gasteiger partial charge in [-0.25, -0.2) is 0 Å². The van der Waals surface area contributed by atoms with Crippen LogP contribution in [0.3, 0.4) is 0 Å². The fourth-order valence-corrected chi connectivity index (χ4v) is 16.6. The molecule has 6 atom stereocenters. The van der Waals surface area contributed by atoms with Crippen molar-refractivity contribution in [3.05, 3.63) is 141 Å². The molecule has 2 fully saturated rings. The molecule has 6 aromatic carbocycles. The Morgan fingerprint density at radius 2 is 0.750 bits per heavy atom. The van der Waals surface area contributed by atoms with E-state index in [4.69, 9.17) is 28.4 Å². The van der Waals surface area contributed by atoms with Crippen LogP contribution in [0.15, 0.2) is 84.9 Å². The third-order valence-corrected chi connectivity index (χ3v) is 21.8. The number of aryl methyl sites for hydroxylation is 6. The number of ether oxygens (including phenoxy) is 6. The number of benzene rings is 6. The summed E-state index contributed by atoms with van der Waals surface area (Å²) in [4.78, 5) is 0. The summed E-state index contributed by atoms with van der Waals surface area (Å²) in [7, 11) is 0. The minimum absolute atomic E-state index is 0.189. The highest BCUT2D eigenvalue weighted by atomic mass is 16.5. The van der Waals surface area contributed by atoms with Crippen LogP contribution in [0.2, 0.25) is 0 Å². The smallest absolute Gasteiger partial charge is 0.131 e. The van der Waals surface area contributed by atoms with E-state index in [0.29, 0.717) is 85.3 Å². The number of phenolic OH excluding ortho intramolecular Hbond substituents is 2. The van der Waals surface area contributed by atoms with Crippen LogP contribution >= 0.6 is 0 Å². The van der Waals surface area contributed by atoms with Crippen molar-refractivity contribution in [2.24, 2.45) is 23.7 Å². The maximum absolute atomic E-state index is 11.5. The molecule has 0 radical (unpaired) electrons. The maximum Gasteiger partial charge on any atom is 0.131 e. The first kappa shape index (κ1) is 74.0. The Hall–Kier alpha value is -6.28. The Labute approximate surface area is 581 Å². The van der Waals surface area contributed by atoms with Crippen molar-refractivity contribution in [2.45, 2.75) is 287 Å². The van der Waals surface area contributed by atoms with Gasteiger partial charge >= 0.3 is 0 Å². The second-order valence-corrected chi connectivity index (χ2v) is 31.4. The Bertz CT molecular complexity index is 3270. The number of hydrogen-bond acceptors (Lipinski definition) is 8. The van der Waals surface area contributed by atoms with Gasteiger partial charge in [0, 0.05) is 23.0 Å². The minimum atomic E-state index is -0.189. The molecule has 8 nitrogen and oxygen atoms in total. The second kappa shape index (κ2) is 34.0. The van der Waals surface area contributed by atoms with Gasteiger partial charge in [0.2, 0.25) is 0 Å². The van der Waals surface area contributed by atoms with Gasteiger partial charge in [-0.2, -0.15) is 0 Å². The molecule has 0 amide bonds. The predicted octanol–water partition coefficient (Wildman–Crippen LogP) is 24.2. The number of hydrogen-bond donors (Lipinski definition) is 2.